The summed E-state index contributed by atoms with van der Waals surface area (Å²) in [6.07, 6.45) is 2.87. The average Bonchev–Trinajstić information content (AvgIpc) is 3.46. The summed E-state index contributed by atoms with van der Waals surface area (Å²) in [6, 6.07) is 13.6. The molecule has 0 aromatic heterocycles. The lowest BCUT2D eigenvalue weighted by molar-refractivity contribution is -0.119. The largest absolute Gasteiger partial charge is 0.484 e. The lowest BCUT2D eigenvalue weighted by Gasteiger charge is -2.18. The van der Waals surface area contributed by atoms with Gasteiger partial charge in [-0.3, -0.25) is 9.59 Å². The summed E-state index contributed by atoms with van der Waals surface area (Å²) in [5.41, 5.74) is 4.02. The van der Waals surface area contributed by atoms with Gasteiger partial charge in [0, 0.05) is 23.8 Å². The van der Waals surface area contributed by atoms with E-state index in [1.54, 1.807) is 0 Å². The van der Waals surface area contributed by atoms with Crippen LogP contribution in [-0.4, -0.2) is 25.0 Å². The molecule has 4 rings (SSSR count). The van der Waals surface area contributed by atoms with Crippen molar-refractivity contribution >= 4 is 23.2 Å². The van der Waals surface area contributed by atoms with Crippen molar-refractivity contribution in [2.24, 2.45) is 5.92 Å². The van der Waals surface area contributed by atoms with Crippen molar-refractivity contribution in [3.63, 3.8) is 0 Å². The second-order valence-corrected chi connectivity index (χ2v) is 7.92. The van der Waals surface area contributed by atoms with Crippen molar-refractivity contribution in [2.75, 3.05) is 23.4 Å². The number of amides is 2. The fourth-order valence-corrected chi connectivity index (χ4v) is 3.53. The lowest BCUT2D eigenvalue weighted by atomic mass is 10.0. The standard InChI is InChI=1S/C23H26N2O3/c1-15(2)16-6-9-20(10-7-16)28-14-22(26)24-19-8-5-17-11-12-25(21(17)13-19)23(27)18-3-4-18/h5-10,13,15,18H,3-4,11-12,14H2,1-2H3,(H,24,26). The number of anilines is 2. The monoisotopic (exact) mass is 378 g/mol. The molecule has 2 amide bonds. The third-order valence-corrected chi connectivity index (χ3v) is 5.37. The number of carbonyl (C=O) groups excluding carboxylic acids is 2. The molecule has 146 valence electrons. The van der Waals surface area contributed by atoms with E-state index in [1.807, 2.05) is 47.4 Å². The predicted molar refractivity (Wildman–Crippen MR) is 110 cm³/mol. The number of hydrogen-bond donors (Lipinski definition) is 1. The normalized spacial score (nSPS) is 15.5. The van der Waals surface area contributed by atoms with Crippen LogP contribution in [0.2, 0.25) is 0 Å². The van der Waals surface area contributed by atoms with Crippen LogP contribution in [0.4, 0.5) is 11.4 Å². The van der Waals surface area contributed by atoms with Gasteiger partial charge in [-0.25, -0.2) is 0 Å². The molecule has 1 heterocycles. The van der Waals surface area contributed by atoms with E-state index >= 15 is 0 Å². The maximum absolute atomic E-state index is 12.4. The lowest BCUT2D eigenvalue weighted by Crippen LogP contribution is -2.30. The first kappa shape index (κ1) is 18.5. The summed E-state index contributed by atoms with van der Waals surface area (Å²) < 4.78 is 5.59. The number of hydrogen-bond acceptors (Lipinski definition) is 3. The highest BCUT2D eigenvalue weighted by Crippen LogP contribution is 2.37. The van der Waals surface area contributed by atoms with Crippen molar-refractivity contribution in [3.8, 4) is 5.75 Å². The van der Waals surface area contributed by atoms with Crippen LogP contribution >= 0.6 is 0 Å². The highest BCUT2D eigenvalue weighted by molar-refractivity contribution is 5.99. The maximum atomic E-state index is 12.4. The van der Waals surface area contributed by atoms with Gasteiger partial charge in [-0.1, -0.05) is 32.0 Å². The van der Waals surface area contributed by atoms with Crippen molar-refractivity contribution in [2.45, 2.75) is 39.0 Å². The zero-order chi connectivity index (χ0) is 19.7. The van der Waals surface area contributed by atoms with E-state index in [0.29, 0.717) is 17.4 Å². The minimum atomic E-state index is -0.217. The Bertz CT molecular complexity index is 885. The van der Waals surface area contributed by atoms with E-state index in [4.69, 9.17) is 4.74 Å². The van der Waals surface area contributed by atoms with Crippen LogP contribution in [0.5, 0.6) is 5.75 Å². The molecular formula is C23H26N2O3. The molecule has 2 aromatic carbocycles. The Morgan fingerprint density at radius 1 is 1.14 bits per heavy atom. The maximum Gasteiger partial charge on any atom is 0.262 e. The van der Waals surface area contributed by atoms with Gasteiger partial charge < -0.3 is 15.0 Å². The summed E-state index contributed by atoms with van der Waals surface area (Å²) >= 11 is 0. The Morgan fingerprint density at radius 3 is 2.57 bits per heavy atom. The Balaban J connectivity index is 1.36. The number of carbonyl (C=O) groups is 2. The van der Waals surface area contributed by atoms with E-state index in [0.717, 1.165) is 37.1 Å². The first-order chi connectivity index (χ1) is 13.5. The van der Waals surface area contributed by atoms with Crippen LogP contribution in [0.3, 0.4) is 0 Å². The van der Waals surface area contributed by atoms with E-state index in [2.05, 4.69) is 19.2 Å². The van der Waals surface area contributed by atoms with E-state index < -0.39 is 0 Å². The highest BCUT2D eigenvalue weighted by atomic mass is 16.5. The Kier molecular flexibility index (Phi) is 5.07. The number of ether oxygens (including phenoxy) is 1. The Morgan fingerprint density at radius 2 is 1.89 bits per heavy atom. The van der Waals surface area contributed by atoms with Crippen LogP contribution in [0.25, 0.3) is 0 Å². The molecule has 1 fully saturated rings. The Labute approximate surface area is 165 Å². The van der Waals surface area contributed by atoms with Crippen molar-refractivity contribution < 1.29 is 14.3 Å². The molecule has 0 unspecified atom stereocenters. The van der Waals surface area contributed by atoms with Gasteiger partial charge >= 0.3 is 0 Å². The molecule has 5 heteroatoms. The van der Waals surface area contributed by atoms with Gasteiger partial charge in [-0.05, 0) is 60.6 Å². The molecule has 1 saturated carbocycles. The number of nitrogens with zero attached hydrogens (tertiary/aromatic N) is 1. The Hall–Kier alpha value is -2.82. The number of nitrogens with one attached hydrogen (secondary N) is 1. The summed E-state index contributed by atoms with van der Waals surface area (Å²) in [5.74, 6) is 1.33. The second-order valence-electron chi connectivity index (χ2n) is 7.92. The van der Waals surface area contributed by atoms with E-state index in [9.17, 15) is 9.59 Å². The van der Waals surface area contributed by atoms with Gasteiger partial charge in [0.15, 0.2) is 6.61 Å². The van der Waals surface area contributed by atoms with Gasteiger partial charge in [0.05, 0.1) is 0 Å². The highest BCUT2D eigenvalue weighted by Gasteiger charge is 2.36. The molecule has 5 nitrogen and oxygen atoms in total. The third-order valence-electron chi connectivity index (χ3n) is 5.37. The molecule has 0 saturated heterocycles. The fraction of sp³-hybridized carbons (Fsp3) is 0.391. The first-order valence-electron chi connectivity index (χ1n) is 9.98. The van der Waals surface area contributed by atoms with Gasteiger partial charge in [-0.2, -0.15) is 0 Å². The van der Waals surface area contributed by atoms with Crippen LogP contribution in [-0.2, 0) is 16.0 Å². The average molecular weight is 378 g/mol. The van der Waals surface area contributed by atoms with Crippen LogP contribution < -0.4 is 15.0 Å². The molecule has 2 aliphatic rings. The number of rotatable bonds is 6. The molecule has 0 spiro atoms. The minimum absolute atomic E-state index is 0.0527. The molecule has 1 aliphatic carbocycles. The van der Waals surface area contributed by atoms with E-state index in [1.165, 1.54) is 5.56 Å². The van der Waals surface area contributed by atoms with Gasteiger partial charge in [0.2, 0.25) is 5.91 Å². The molecule has 1 N–H and O–H groups in total. The van der Waals surface area contributed by atoms with Gasteiger partial charge in [0.1, 0.15) is 5.75 Å². The molecule has 2 aromatic rings. The SMILES string of the molecule is CC(C)c1ccc(OCC(=O)Nc2ccc3c(c2)N(C(=O)C2CC2)CC3)cc1. The zero-order valence-electron chi connectivity index (χ0n) is 16.4. The van der Waals surface area contributed by atoms with Crippen molar-refractivity contribution in [1.29, 1.82) is 0 Å². The molecule has 1 aliphatic heterocycles. The van der Waals surface area contributed by atoms with E-state index in [-0.39, 0.29) is 24.3 Å². The van der Waals surface area contributed by atoms with Crippen LogP contribution in [0.1, 0.15) is 43.7 Å². The van der Waals surface area contributed by atoms with Crippen LogP contribution in [0.15, 0.2) is 42.5 Å². The summed E-state index contributed by atoms with van der Waals surface area (Å²) in [7, 11) is 0. The summed E-state index contributed by atoms with van der Waals surface area (Å²) in [5, 5.41) is 2.87. The predicted octanol–water partition coefficient (Wildman–Crippen LogP) is 4.13. The molecule has 28 heavy (non-hydrogen) atoms. The summed E-state index contributed by atoms with van der Waals surface area (Å²) in [4.78, 5) is 26.6. The number of benzene rings is 2. The van der Waals surface area contributed by atoms with Gasteiger partial charge in [0.25, 0.3) is 5.91 Å². The molecule has 0 bridgehead atoms. The quantitative estimate of drug-likeness (QED) is 0.822. The van der Waals surface area contributed by atoms with Crippen molar-refractivity contribution in [1.82, 2.24) is 0 Å². The van der Waals surface area contributed by atoms with Crippen LogP contribution in [0, 0.1) is 5.92 Å². The molecule has 0 radical (unpaired) electrons. The summed E-state index contributed by atoms with van der Waals surface area (Å²) in [6.45, 7) is 4.96. The topological polar surface area (TPSA) is 58.6 Å². The first-order valence-corrected chi connectivity index (χ1v) is 9.98. The minimum Gasteiger partial charge on any atom is -0.484 e. The molecule has 0 atom stereocenters. The van der Waals surface area contributed by atoms with Crippen molar-refractivity contribution in [3.05, 3.63) is 53.6 Å². The number of fused-ring (bicyclic) bond motifs is 1. The van der Waals surface area contributed by atoms with Gasteiger partial charge in [-0.15, -0.1) is 0 Å². The second kappa shape index (κ2) is 7.66. The zero-order valence-corrected chi connectivity index (χ0v) is 16.4. The molecular weight excluding hydrogens is 352 g/mol. The fourth-order valence-electron chi connectivity index (χ4n) is 3.53. The smallest absolute Gasteiger partial charge is 0.262 e. The third kappa shape index (κ3) is 4.03.